The lowest BCUT2D eigenvalue weighted by atomic mass is 10.1. The second-order valence-corrected chi connectivity index (χ2v) is 6.87. The lowest BCUT2D eigenvalue weighted by molar-refractivity contribution is -0.116. The Bertz CT molecular complexity index is 1010. The number of aromatic nitrogens is 2. The number of benzene rings is 2. The Morgan fingerprint density at radius 1 is 1.00 bits per heavy atom. The number of hydrogen-bond acceptors (Lipinski definition) is 5. The molecule has 0 aliphatic heterocycles. The van der Waals surface area contributed by atoms with Crippen LogP contribution in [0.1, 0.15) is 29.3 Å². The van der Waals surface area contributed by atoms with Gasteiger partial charge in [-0.25, -0.2) is 9.97 Å². The van der Waals surface area contributed by atoms with Crippen molar-refractivity contribution in [3.63, 3.8) is 0 Å². The molecule has 0 atom stereocenters. The van der Waals surface area contributed by atoms with Crippen molar-refractivity contribution in [2.45, 2.75) is 20.3 Å². The first-order chi connectivity index (χ1) is 14.6. The SMILES string of the molecule is CCCN(CC(=O)Nc1ccccc1C)C(=O)c1cccc(Nc2ncccn2)c1. The van der Waals surface area contributed by atoms with Crippen LogP contribution in [0, 0.1) is 6.92 Å². The van der Waals surface area contributed by atoms with Crippen molar-refractivity contribution in [2.75, 3.05) is 23.7 Å². The molecule has 3 aromatic rings. The summed E-state index contributed by atoms with van der Waals surface area (Å²) in [6.45, 7) is 4.38. The Labute approximate surface area is 176 Å². The molecule has 0 fully saturated rings. The number of anilines is 3. The Morgan fingerprint density at radius 2 is 1.77 bits per heavy atom. The molecule has 1 heterocycles. The molecule has 3 rings (SSSR count). The van der Waals surface area contributed by atoms with E-state index in [4.69, 9.17) is 0 Å². The van der Waals surface area contributed by atoms with Gasteiger partial charge >= 0.3 is 0 Å². The van der Waals surface area contributed by atoms with Gasteiger partial charge in [0.2, 0.25) is 11.9 Å². The predicted molar refractivity (Wildman–Crippen MR) is 118 cm³/mol. The fourth-order valence-electron chi connectivity index (χ4n) is 3.00. The van der Waals surface area contributed by atoms with E-state index in [0.29, 0.717) is 23.7 Å². The Morgan fingerprint density at radius 3 is 2.50 bits per heavy atom. The largest absolute Gasteiger partial charge is 0.329 e. The van der Waals surface area contributed by atoms with Gasteiger partial charge in [0.1, 0.15) is 6.54 Å². The third-order valence-electron chi connectivity index (χ3n) is 4.47. The summed E-state index contributed by atoms with van der Waals surface area (Å²) in [5, 5.41) is 5.97. The van der Waals surface area contributed by atoms with Crippen LogP contribution in [-0.4, -0.2) is 39.8 Å². The molecule has 2 N–H and O–H groups in total. The van der Waals surface area contributed by atoms with Crippen LogP contribution in [0.15, 0.2) is 67.0 Å². The molecule has 0 aliphatic carbocycles. The normalized spacial score (nSPS) is 10.3. The van der Waals surface area contributed by atoms with E-state index in [1.165, 1.54) is 0 Å². The predicted octanol–water partition coefficient (Wildman–Crippen LogP) is 4.02. The minimum Gasteiger partial charge on any atom is -0.329 e. The van der Waals surface area contributed by atoms with Gasteiger partial charge in [0.05, 0.1) is 0 Å². The highest BCUT2D eigenvalue weighted by Crippen LogP contribution is 2.17. The molecule has 7 nitrogen and oxygen atoms in total. The number of carbonyl (C=O) groups is 2. The molecule has 0 aliphatic rings. The third kappa shape index (κ3) is 5.64. The highest BCUT2D eigenvalue weighted by atomic mass is 16.2. The van der Waals surface area contributed by atoms with E-state index in [9.17, 15) is 9.59 Å². The molecule has 1 aromatic heterocycles. The Balaban J connectivity index is 1.71. The van der Waals surface area contributed by atoms with E-state index in [1.807, 2.05) is 44.2 Å². The van der Waals surface area contributed by atoms with E-state index in [1.54, 1.807) is 41.6 Å². The minimum absolute atomic E-state index is 0.0134. The van der Waals surface area contributed by atoms with Crippen LogP contribution in [0.4, 0.5) is 17.3 Å². The maximum atomic E-state index is 13.1. The molecule has 0 unspecified atom stereocenters. The number of rotatable bonds is 8. The second-order valence-electron chi connectivity index (χ2n) is 6.87. The second kappa shape index (κ2) is 10.2. The lowest BCUT2D eigenvalue weighted by Crippen LogP contribution is -2.38. The summed E-state index contributed by atoms with van der Waals surface area (Å²) in [6, 6.07) is 16.4. The van der Waals surface area contributed by atoms with Crippen LogP contribution in [-0.2, 0) is 4.79 Å². The summed E-state index contributed by atoms with van der Waals surface area (Å²) in [6.07, 6.45) is 4.03. The number of aryl methyl sites for hydroxylation is 1. The van der Waals surface area contributed by atoms with Gasteiger partial charge in [-0.2, -0.15) is 0 Å². The topological polar surface area (TPSA) is 87.2 Å². The zero-order valence-electron chi connectivity index (χ0n) is 17.1. The van der Waals surface area contributed by atoms with Crippen molar-refractivity contribution >= 4 is 29.1 Å². The first kappa shape index (κ1) is 21.0. The number of nitrogens with zero attached hydrogens (tertiary/aromatic N) is 3. The summed E-state index contributed by atoms with van der Waals surface area (Å²) in [4.78, 5) is 35.5. The first-order valence-electron chi connectivity index (χ1n) is 9.85. The van der Waals surface area contributed by atoms with Crippen LogP contribution in [0.2, 0.25) is 0 Å². The molecular weight excluding hydrogens is 378 g/mol. The summed E-state index contributed by atoms with van der Waals surface area (Å²) in [5.74, 6) is 0.0256. The van der Waals surface area contributed by atoms with E-state index >= 15 is 0 Å². The Hall–Kier alpha value is -3.74. The van der Waals surface area contributed by atoms with Gasteiger partial charge in [-0.05, 0) is 49.2 Å². The standard InChI is InChI=1S/C23H25N5O2/c1-3-14-28(16-21(29)27-20-11-5-4-8-17(20)2)22(30)18-9-6-10-19(15-18)26-23-24-12-7-13-25-23/h4-13,15H,3,14,16H2,1-2H3,(H,27,29)(H,24,25,26). The summed E-state index contributed by atoms with van der Waals surface area (Å²) in [5.41, 5.74) is 2.92. The van der Waals surface area contributed by atoms with Gasteiger partial charge in [0, 0.05) is 35.9 Å². The highest BCUT2D eigenvalue weighted by Gasteiger charge is 2.19. The molecule has 0 radical (unpaired) electrons. The molecule has 0 saturated carbocycles. The van der Waals surface area contributed by atoms with Crippen LogP contribution >= 0.6 is 0 Å². The van der Waals surface area contributed by atoms with E-state index in [0.717, 1.165) is 17.7 Å². The van der Waals surface area contributed by atoms with Crippen molar-refractivity contribution in [3.05, 3.63) is 78.1 Å². The quantitative estimate of drug-likeness (QED) is 0.593. The molecule has 0 saturated heterocycles. The molecule has 2 amide bonds. The van der Waals surface area contributed by atoms with E-state index in [2.05, 4.69) is 20.6 Å². The minimum atomic E-state index is -0.224. The maximum absolute atomic E-state index is 13.1. The average Bonchev–Trinajstić information content (AvgIpc) is 2.75. The number of para-hydroxylation sites is 1. The third-order valence-corrected chi connectivity index (χ3v) is 4.47. The zero-order valence-corrected chi connectivity index (χ0v) is 17.1. The number of nitrogens with one attached hydrogen (secondary N) is 2. The van der Waals surface area contributed by atoms with Crippen molar-refractivity contribution in [2.24, 2.45) is 0 Å². The Kier molecular flexibility index (Phi) is 7.10. The fraction of sp³-hybridized carbons (Fsp3) is 0.217. The number of carbonyl (C=O) groups excluding carboxylic acids is 2. The van der Waals surface area contributed by atoms with E-state index < -0.39 is 0 Å². The lowest BCUT2D eigenvalue weighted by Gasteiger charge is -2.22. The van der Waals surface area contributed by atoms with Crippen LogP contribution in [0.25, 0.3) is 0 Å². The van der Waals surface area contributed by atoms with Crippen molar-refractivity contribution in [1.29, 1.82) is 0 Å². The summed E-state index contributed by atoms with van der Waals surface area (Å²) < 4.78 is 0. The molecule has 0 spiro atoms. The average molecular weight is 403 g/mol. The van der Waals surface area contributed by atoms with Gasteiger partial charge in [-0.15, -0.1) is 0 Å². The van der Waals surface area contributed by atoms with Crippen LogP contribution in [0.3, 0.4) is 0 Å². The first-order valence-corrected chi connectivity index (χ1v) is 9.85. The van der Waals surface area contributed by atoms with Gasteiger partial charge in [0.25, 0.3) is 5.91 Å². The number of hydrogen-bond donors (Lipinski definition) is 2. The molecule has 2 aromatic carbocycles. The van der Waals surface area contributed by atoms with Gasteiger partial charge in [-0.3, -0.25) is 9.59 Å². The van der Waals surface area contributed by atoms with E-state index in [-0.39, 0.29) is 18.4 Å². The zero-order chi connectivity index (χ0) is 21.3. The van der Waals surface area contributed by atoms with Gasteiger partial charge < -0.3 is 15.5 Å². The van der Waals surface area contributed by atoms with Crippen LogP contribution in [0.5, 0.6) is 0 Å². The number of amides is 2. The molecule has 0 bridgehead atoms. The highest BCUT2D eigenvalue weighted by molar-refractivity contribution is 6.00. The fourth-order valence-corrected chi connectivity index (χ4v) is 3.00. The smallest absolute Gasteiger partial charge is 0.254 e. The van der Waals surface area contributed by atoms with Gasteiger partial charge in [-0.1, -0.05) is 31.2 Å². The summed E-state index contributed by atoms with van der Waals surface area (Å²) >= 11 is 0. The van der Waals surface area contributed by atoms with Gasteiger partial charge in [0.15, 0.2) is 0 Å². The molecular formula is C23H25N5O2. The summed E-state index contributed by atoms with van der Waals surface area (Å²) in [7, 11) is 0. The van der Waals surface area contributed by atoms with Crippen molar-refractivity contribution < 1.29 is 9.59 Å². The van der Waals surface area contributed by atoms with Crippen molar-refractivity contribution in [3.8, 4) is 0 Å². The molecule has 7 heteroatoms. The monoisotopic (exact) mass is 403 g/mol. The van der Waals surface area contributed by atoms with Crippen LogP contribution < -0.4 is 10.6 Å². The molecule has 154 valence electrons. The van der Waals surface area contributed by atoms with Crippen molar-refractivity contribution in [1.82, 2.24) is 14.9 Å². The maximum Gasteiger partial charge on any atom is 0.254 e. The molecule has 30 heavy (non-hydrogen) atoms.